The molecule has 2 rings (SSSR count). The first kappa shape index (κ1) is 15.3. The molecule has 0 spiro atoms. The summed E-state index contributed by atoms with van der Waals surface area (Å²) in [5.74, 6) is -2.14. The molecule has 1 heterocycles. The van der Waals surface area contributed by atoms with E-state index in [2.05, 4.69) is 0 Å². The topological polar surface area (TPSA) is 83.6 Å². The van der Waals surface area contributed by atoms with Crippen LogP contribution in [0.5, 0.6) is 0 Å². The molecular formula is C13H13F3N2O3. The number of carboxylic acid groups (broad SMARTS) is 1. The Hall–Kier alpha value is -2.09. The van der Waals surface area contributed by atoms with Crippen LogP contribution in [0.2, 0.25) is 0 Å². The Morgan fingerprint density at radius 1 is 1.29 bits per heavy atom. The summed E-state index contributed by atoms with van der Waals surface area (Å²) in [4.78, 5) is 24.3. The van der Waals surface area contributed by atoms with Crippen LogP contribution in [0.25, 0.3) is 0 Å². The first-order valence-corrected chi connectivity index (χ1v) is 6.13. The van der Waals surface area contributed by atoms with Gasteiger partial charge in [-0.25, -0.2) is 0 Å². The standard InChI is InChI=1S/C13H13F3N2O3/c14-13(15,16)9-4-2-1-3-8(9)10(19)18-6-5-12(17,7-18)11(20)21/h1-4H,5-7,17H2,(H,20,21). The molecule has 0 aromatic heterocycles. The fourth-order valence-electron chi connectivity index (χ4n) is 2.27. The van der Waals surface area contributed by atoms with Gasteiger partial charge in [0.1, 0.15) is 5.54 Å². The maximum Gasteiger partial charge on any atom is 0.417 e. The third kappa shape index (κ3) is 2.85. The Kier molecular flexibility index (Phi) is 3.66. The molecule has 0 radical (unpaired) electrons. The van der Waals surface area contributed by atoms with Crippen LogP contribution in [-0.2, 0) is 11.0 Å². The van der Waals surface area contributed by atoms with Crippen LogP contribution in [0.4, 0.5) is 13.2 Å². The van der Waals surface area contributed by atoms with E-state index < -0.39 is 34.7 Å². The lowest BCUT2D eigenvalue weighted by Crippen LogP contribution is -2.50. The second-order valence-corrected chi connectivity index (χ2v) is 4.98. The number of nitrogens with two attached hydrogens (primary N) is 1. The third-order valence-electron chi connectivity index (χ3n) is 3.48. The highest BCUT2D eigenvalue weighted by Gasteiger charge is 2.44. The lowest BCUT2D eigenvalue weighted by molar-refractivity contribution is -0.142. The largest absolute Gasteiger partial charge is 0.480 e. The van der Waals surface area contributed by atoms with Crippen molar-refractivity contribution >= 4 is 11.9 Å². The van der Waals surface area contributed by atoms with E-state index in [0.717, 1.165) is 17.0 Å². The molecule has 1 amide bonds. The Balaban J connectivity index is 2.29. The molecule has 1 aliphatic heterocycles. The molecule has 5 nitrogen and oxygen atoms in total. The van der Waals surface area contributed by atoms with Gasteiger partial charge in [-0.05, 0) is 18.6 Å². The first-order chi connectivity index (χ1) is 9.65. The minimum atomic E-state index is -4.65. The molecule has 3 N–H and O–H groups in total. The van der Waals surface area contributed by atoms with E-state index in [-0.39, 0.29) is 19.5 Å². The SMILES string of the molecule is NC1(C(=O)O)CCN(C(=O)c2ccccc2C(F)(F)F)C1. The highest BCUT2D eigenvalue weighted by molar-refractivity contribution is 5.97. The minimum Gasteiger partial charge on any atom is -0.480 e. The Bertz CT molecular complexity index is 588. The molecule has 1 aromatic rings. The van der Waals surface area contributed by atoms with Crippen LogP contribution in [0.15, 0.2) is 24.3 Å². The number of nitrogens with zero attached hydrogens (tertiary/aromatic N) is 1. The monoisotopic (exact) mass is 302 g/mol. The average molecular weight is 302 g/mol. The molecule has 1 aromatic carbocycles. The molecule has 1 atom stereocenters. The molecule has 1 fully saturated rings. The molecule has 1 saturated heterocycles. The van der Waals surface area contributed by atoms with Crippen molar-refractivity contribution in [1.82, 2.24) is 4.90 Å². The van der Waals surface area contributed by atoms with Crippen molar-refractivity contribution in [3.63, 3.8) is 0 Å². The van der Waals surface area contributed by atoms with E-state index in [1.165, 1.54) is 12.1 Å². The Labute approximate surface area is 118 Å². The van der Waals surface area contributed by atoms with Crippen molar-refractivity contribution in [3.8, 4) is 0 Å². The summed E-state index contributed by atoms with van der Waals surface area (Å²) in [6.07, 6.45) is -4.65. The van der Waals surface area contributed by atoms with Gasteiger partial charge < -0.3 is 15.7 Å². The predicted octanol–water partition coefficient (Wildman–Crippen LogP) is 1.33. The fourth-order valence-corrected chi connectivity index (χ4v) is 2.27. The van der Waals surface area contributed by atoms with Gasteiger partial charge in [-0.15, -0.1) is 0 Å². The number of carbonyl (C=O) groups excluding carboxylic acids is 1. The number of likely N-dealkylation sites (tertiary alicyclic amines) is 1. The quantitative estimate of drug-likeness (QED) is 0.863. The summed E-state index contributed by atoms with van der Waals surface area (Å²) in [5, 5.41) is 8.98. The van der Waals surface area contributed by atoms with Gasteiger partial charge >= 0.3 is 12.1 Å². The van der Waals surface area contributed by atoms with Crippen LogP contribution < -0.4 is 5.73 Å². The number of hydrogen-bond acceptors (Lipinski definition) is 3. The zero-order valence-corrected chi connectivity index (χ0v) is 10.9. The van der Waals surface area contributed by atoms with Crippen molar-refractivity contribution < 1.29 is 27.9 Å². The van der Waals surface area contributed by atoms with E-state index in [1.807, 2.05) is 0 Å². The van der Waals surface area contributed by atoms with Crippen molar-refractivity contribution in [1.29, 1.82) is 0 Å². The molecule has 0 aliphatic carbocycles. The van der Waals surface area contributed by atoms with Gasteiger partial charge in [0.15, 0.2) is 0 Å². The molecule has 8 heteroatoms. The second-order valence-electron chi connectivity index (χ2n) is 4.98. The molecule has 114 valence electrons. The van der Waals surface area contributed by atoms with E-state index in [1.54, 1.807) is 0 Å². The summed E-state index contributed by atoms with van der Waals surface area (Å²) in [6.45, 7) is -0.304. The molecule has 21 heavy (non-hydrogen) atoms. The predicted molar refractivity (Wildman–Crippen MR) is 66.5 cm³/mol. The molecule has 0 bridgehead atoms. The number of hydrogen-bond donors (Lipinski definition) is 2. The summed E-state index contributed by atoms with van der Waals surface area (Å²) < 4.78 is 38.7. The van der Waals surface area contributed by atoms with E-state index in [4.69, 9.17) is 10.8 Å². The van der Waals surface area contributed by atoms with E-state index >= 15 is 0 Å². The number of halogens is 3. The molecule has 1 unspecified atom stereocenters. The third-order valence-corrected chi connectivity index (χ3v) is 3.48. The molecular weight excluding hydrogens is 289 g/mol. The number of benzene rings is 1. The smallest absolute Gasteiger partial charge is 0.417 e. The van der Waals surface area contributed by atoms with Gasteiger partial charge in [-0.2, -0.15) is 13.2 Å². The van der Waals surface area contributed by atoms with Crippen molar-refractivity contribution in [2.24, 2.45) is 5.73 Å². The van der Waals surface area contributed by atoms with Gasteiger partial charge in [0.05, 0.1) is 11.1 Å². The first-order valence-electron chi connectivity index (χ1n) is 6.13. The van der Waals surface area contributed by atoms with Crippen LogP contribution in [0, 0.1) is 0 Å². The summed E-state index contributed by atoms with van der Waals surface area (Å²) in [5.41, 5.74) is 2.47. The van der Waals surface area contributed by atoms with E-state index in [9.17, 15) is 22.8 Å². The normalized spacial score (nSPS) is 22.4. The van der Waals surface area contributed by atoms with Gasteiger partial charge in [-0.1, -0.05) is 12.1 Å². The second kappa shape index (κ2) is 5.03. The maximum absolute atomic E-state index is 12.9. The lowest BCUT2D eigenvalue weighted by Gasteiger charge is -2.21. The fraction of sp³-hybridized carbons (Fsp3) is 0.385. The molecule has 1 aliphatic rings. The zero-order chi connectivity index (χ0) is 15.8. The number of aliphatic carboxylic acids is 1. The van der Waals surface area contributed by atoms with Gasteiger partial charge in [0, 0.05) is 13.1 Å². The number of rotatable bonds is 2. The zero-order valence-electron chi connectivity index (χ0n) is 10.9. The Morgan fingerprint density at radius 3 is 2.43 bits per heavy atom. The minimum absolute atomic E-state index is 0.00224. The van der Waals surface area contributed by atoms with Crippen LogP contribution in [0.1, 0.15) is 22.3 Å². The van der Waals surface area contributed by atoms with Crippen LogP contribution in [0.3, 0.4) is 0 Å². The van der Waals surface area contributed by atoms with Crippen LogP contribution >= 0.6 is 0 Å². The van der Waals surface area contributed by atoms with Gasteiger partial charge in [0.25, 0.3) is 5.91 Å². The van der Waals surface area contributed by atoms with Crippen molar-refractivity contribution in [2.45, 2.75) is 18.1 Å². The number of alkyl halides is 3. The maximum atomic E-state index is 12.9. The number of carbonyl (C=O) groups is 2. The summed E-state index contributed by atoms with van der Waals surface area (Å²) in [6, 6.07) is 4.40. The lowest BCUT2D eigenvalue weighted by atomic mass is 10.0. The van der Waals surface area contributed by atoms with Crippen LogP contribution in [-0.4, -0.2) is 40.5 Å². The highest BCUT2D eigenvalue weighted by Crippen LogP contribution is 2.33. The summed E-state index contributed by atoms with van der Waals surface area (Å²) in [7, 11) is 0. The van der Waals surface area contributed by atoms with Gasteiger partial charge in [0.2, 0.25) is 0 Å². The van der Waals surface area contributed by atoms with Gasteiger partial charge in [-0.3, -0.25) is 9.59 Å². The number of carboxylic acids is 1. The summed E-state index contributed by atoms with van der Waals surface area (Å²) >= 11 is 0. The number of amides is 1. The Morgan fingerprint density at radius 2 is 1.90 bits per heavy atom. The highest BCUT2D eigenvalue weighted by atomic mass is 19.4. The molecule has 0 saturated carbocycles. The average Bonchev–Trinajstić information content (AvgIpc) is 2.81. The van der Waals surface area contributed by atoms with Crippen molar-refractivity contribution in [2.75, 3.05) is 13.1 Å². The van der Waals surface area contributed by atoms with E-state index in [0.29, 0.717) is 0 Å². The van der Waals surface area contributed by atoms with Crippen molar-refractivity contribution in [3.05, 3.63) is 35.4 Å².